The summed E-state index contributed by atoms with van der Waals surface area (Å²) in [6, 6.07) is 6.29. The van der Waals surface area contributed by atoms with E-state index in [2.05, 4.69) is 10.0 Å². The topological polar surface area (TPSA) is 75.3 Å². The molecule has 0 bridgehead atoms. The predicted octanol–water partition coefficient (Wildman–Crippen LogP) is 3.31. The first-order valence-corrected chi connectivity index (χ1v) is 9.21. The van der Waals surface area contributed by atoms with Gasteiger partial charge in [0, 0.05) is 17.7 Å². The number of halogens is 3. The molecular weight excluding hydrogens is 374 g/mol. The van der Waals surface area contributed by atoms with Gasteiger partial charge in [-0.15, -0.1) is 0 Å². The summed E-state index contributed by atoms with van der Waals surface area (Å²) in [5.41, 5.74) is -0.244. The van der Waals surface area contributed by atoms with E-state index in [4.69, 9.17) is 11.6 Å². The Morgan fingerprint density at radius 2 is 1.84 bits per heavy atom. The molecule has 1 saturated carbocycles. The summed E-state index contributed by atoms with van der Waals surface area (Å²) in [7, 11) is -3.86. The summed E-state index contributed by atoms with van der Waals surface area (Å²) in [5.74, 6) is -2.46. The van der Waals surface area contributed by atoms with Gasteiger partial charge in [-0.25, -0.2) is 21.9 Å². The zero-order valence-corrected chi connectivity index (χ0v) is 14.3. The highest BCUT2D eigenvalue weighted by molar-refractivity contribution is 7.89. The molecule has 2 N–H and O–H groups in total. The lowest BCUT2D eigenvalue weighted by molar-refractivity contribution is 0.102. The van der Waals surface area contributed by atoms with Crippen molar-refractivity contribution in [2.24, 2.45) is 0 Å². The lowest BCUT2D eigenvalue weighted by Crippen LogP contribution is -2.26. The number of hydrogen-bond donors (Lipinski definition) is 2. The molecule has 0 spiro atoms. The quantitative estimate of drug-likeness (QED) is 0.827. The second kappa shape index (κ2) is 6.70. The molecule has 2 aromatic carbocycles. The maximum absolute atomic E-state index is 13.6. The van der Waals surface area contributed by atoms with Crippen LogP contribution in [-0.4, -0.2) is 20.4 Å². The lowest BCUT2D eigenvalue weighted by Gasteiger charge is -2.10. The highest BCUT2D eigenvalue weighted by Gasteiger charge is 2.29. The Balaban J connectivity index is 1.87. The normalized spacial score (nSPS) is 14.4. The zero-order chi connectivity index (χ0) is 18.2. The number of carbonyl (C=O) groups excluding carboxylic acids is 1. The average Bonchev–Trinajstić information content (AvgIpc) is 3.33. The first-order valence-electron chi connectivity index (χ1n) is 7.34. The Bertz CT molecular complexity index is 946. The second-order valence-electron chi connectivity index (χ2n) is 5.62. The van der Waals surface area contributed by atoms with Gasteiger partial charge in [-0.1, -0.05) is 11.6 Å². The molecule has 132 valence electrons. The molecule has 0 saturated heterocycles. The molecule has 1 fully saturated rings. The summed E-state index contributed by atoms with van der Waals surface area (Å²) in [5, 5.41) is 2.24. The van der Waals surface area contributed by atoms with Gasteiger partial charge in [0.05, 0.1) is 10.7 Å². The number of carbonyl (C=O) groups is 1. The minimum atomic E-state index is -3.86. The first kappa shape index (κ1) is 17.8. The number of rotatable bonds is 5. The van der Waals surface area contributed by atoms with E-state index in [1.54, 1.807) is 0 Å². The smallest absolute Gasteiger partial charge is 0.255 e. The van der Waals surface area contributed by atoms with Gasteiger partial charge in [0.25, 0.3) is 5.91 Å². The Hall–Kier alpha value is -2.03. The average molecular weight is 387 g/mol. The second-order valence-corrected chi connectivity index (χ2v) is 7.71. The summed E-state index contributed by atoms with van der Waals surface area (Å²) in [6.07, 6.45) is 1.50. The Morgan fingerprint density at radius 1 is 1.12 bits per heavy atom. The van der Waals surface area contributed by atoms with E-state index in [0.29, 0.717) is 6.07 Å². The minimum Gasteiger partial charge on any atom is -0.319 e. The van der Waals surface area contributed by atoms with Crippen molar-refractivity contribution in [2.45, 2.75) is 23.8 Å². The molecule has 5 nitrogen and oxygen atoms in total. The van der Waals surface area contributed by atoms with Crippen molar-refractivity contribution in [1.29, 1.82) is 0 Å². The van der Waals surface area contributed by atoms with Gasteiger partial charge < -0.3 is 5.32 Å². The van der Waals surface area contributed by atoms with E-state index in [-0.39, 0.29) is 27.2 Å². The van der Waals surface area contributed by atoms with E-state index in [0.717, 1.165) is 31.0 Å². The van der Waals surface area contributed by atoms with Crippen LogP contribution in [0, 0.1) is 11.6 Å². The SMILES string of the molecule is O=C(Nc1ccc(F)cc1F)c1ccc(Cl)c(S(=O)(=O)NC2CC2)c1. The van der Waals surface area contributed by atoms with Crippen LogP contribution in [0.5, 0.6) is 0 Å². The number of amides is 1. The Labute approximate surface area is 148 Å². The molecule has 2 aromatic rings. The molecule has 1 aliphatic carbocycles. The summed E-state index contributed by atoms with van der Waals surface area (Å²) < 4.78 is 53.6. The van der Waals surface area contributed by atoms with E-state index >= 15 is 0 Å². The van der Waals surface area contributed by atoms with Gasteiger partial charge in [0.2, 0.25) is 10.0 Å². The monoisotopic (exact) mass is 386 g/mol. The van der Waals surface area contributed by atoms with E-state index in [1.807, 2.05) is 0 Å². The van der Waals surface area contributed by atoms with Gasteiger partial charge in [0.15, 0.2) is 0 Å². The predicted molar refractivity (Wildman–Crippen MR) is 89.1 cm³/mol. The van der Waals surface area contributed by atoms with Crippen LogP contribution in [0.1, 0.15) is 23.2 Å². The van der Waals surface area contributed by atoms with E-state index in [1.165, 1.54) is 12.1 Å². The van der Waals surface area contributed by atoms with Crippen LogP contribution < -0.4 is 10.0 Å². The third-order valence-corrected chi connectivity index (χ3v) is 5.56. The van der Waals surface area contributed by atoms with Crippen LogP contribution in [0.2, 0.25) is 5.02 Å². The maximum Gasteiger partial charge on any atom is 0.255 e. The number of nitrogens with one attached hydrogen (secondary N) is 2. The largest absolute Gasteiger partial charge is 0.319 e. The highest BCUT2D eigenvalue weighted by Crippen LogP contribution is 2.27. The molecule has 0 atom stereocenters. The number of benzene rings is 2. The fourth-order valence-electron chi connectivity index (χ4n) is 2.12. The summed E-state index contributed by atoms with van der Waals surface area (Å²) in [4.78, 5) is 12.0. The van der Waals surface area contributed by atoms with Crippen LogP contribution in [0.15, 0.2) is 41.3 Å². The first-order chi connectivity index (χ1) is 11.8. The lowest BCUT2D eigenvalue weighted by atomic mass is 10.2. The van der Waals surface area contributed by atoms with Crippen molar-refractivity contribution in [3.63, 3.8) is 0 Å². The molecule has 0 heterocycles. The molecular formula is C16H13ClF2N2O3S. The maximum atomic E-state index is 13.6. The highest BCUT2D eigenvalue weighted by atomic mass is 35.5. The van der Waals surface area contributed by atoms with Crippen LogP contribution in [0.4, 0.5) is 14.5 Å². The zero-order valence-electron chi connectivity index (χ0n) is 12.7. The van der Waals surface area contributed by atoms with Gasteiger partial charge >= 0.3 is 0 Å². The number of sulfonamides is 1. The molecule has 1 aliphatic rings. The molecule has 25 heavy (non-hydrogen) atoms. The standard InChI is InChI=1S/C16H13ClF2N2O3S/c17-12-5-1-9(7-15(12)25(23,24)21-11-3-4-11)16(22)20-14-6-2-10(18)8-13(14)19/h1-2,5-8,11,21H,3-4H2,(H,20,22). The van der Waals surface area contributed by atoms with Gasteiger partial charge in [-0.05, 0) is 43.2 Å². The molecule has 0 radical (unpaired) electrons. The molecule has 0 aliphatic heterocycles. The van der Waals surface area contributed by atoms with Gasteiger partial charge in [-0.2, -0.15) is 0 Å². The van der Waals surface area contributed by atoms with Crippen LogP contribution >= 0.6 is 11.6 Å². The fraction of sp³-hybridized carbons (Fsp3) is 0.188. The van der Waals surface area contributed by atoms with Gasteiger partial charge in [0.1, 0.15) is 16.5 Å². The van der Waals surface area contributed by atoms with Crippen molar-refractivity contribution >= 4 is 33.2 Å². The molecule has 0 unspecified atom stereocenters. The van der Waals surface area contributed by atoms with Crippen LogP contribution in [0.25, 0.3) is 0 Å². The third-order valence-electron chi connectivity index (χ3n) is 3.56. The Kier molecular flexibility index (Phi) is 4.77. The number of hydrogen-bond acceptors (Lipinski definition) is 3. The molecule has 3 rings (SSSR count). The van der Waals surface area contributed by atoms with Crippen molar-refractivity contribution in [3.05, 3.63) is 58.6 Å². The fourth-order valence-corrected chi connectivity index (χ4v) is 3.95. The van der Waals surface area contributed by atoms with Crippen LogP contribution in [-0.2, 0) is 10.0 Å². The van der Waals surface area contributed by atoms with Crippen molar-refractivity contribution in [3.8, 4) is 0 Å². The summed E-state index contributed by atoms with van der Waals surface area (Å²) in [6.45, 7) is 0. The Morgan fingerprint density at radius 3 is 2.48 bits per heavy atom. The van der Waals surface area contributed by atoms with Crippen molar-refractivity contribution in [1.82, 2.24) is 4.72 Å². The molecule has 0 aromatic heterocycles. The van der Waals surface area contributed by atoms with Crippen molar-refractivity contribution < 1.29 is 22.0 Å². The van der Waals surface area contributed by atoms with Gasteiger partial charge in [-0.3, -0.25) is 4.79 Å². The molecule has 1 amide bonds. The molecule has 9 heteroatoms. The van der Waals surface area contributed by atoms with Crippen LogP contribution in [0.3, 0.4) is 0 Å². The number of anilines is 1. The van der Waals surface area contributed by atoms with E-state index in [9.17, 15) is 22.0 Å². The minimum absolute atomic E-state index is 0.0238. The summed E-state index contributed by atoms with van der Waals surface area (Å²) >= 11 is 5.94. The van der Waals surface area contributed by atoms with Crippen molar-refractivity contribution in [2.75, 3.05) is 5.32 Å². The van der Waals surface area contributed by atoms with E-state index < -0.39 is 27.6 Å². The third kappa shape index (κ3) is 4.15.